The molecule has 4 heteroatoms. The second kappa shape index (κ2) is 15.5. The zero-order valence-electron chi connectivity index (χ0n) is 37.4. The number of allylic oxidation sites excluding steroid dienone is 2. The van der Waals surface area contributed by atoms with Crippen LogP contribution >= 0.6 is 0 Å². The zero-order valence-corrected chi connectivity index (χ0v) is 39.8. The Morgan fingerprint density at radius 2 is 0.934 bits per heavy atom. The van der Waals surface area contributed by atoms with Crippen LogP contribution in [-0.2, 0) is 41.1 Å². The number of aromatic nitrogens is 1. The minimum atomic E-state index is -0.105. The van der Waals surface area contributed by atoms with E-state index in [1.807, 2.05) is 27.7 Å². The molecule has 3 aliphatic rings. The van der Waals surface area contributed by atoms with Gasteiger partial charge in [-0.1, -0.05) is 129 Å². The number of ketones is 1. The monoisotopic (exact) mass is 981 g/mol. The summed E-state index contributed by atoms with van der Waals surface area (Å²) >= 11 is 0. The number of carbonyl (C=O) groups is 1. The van der Waals surface area contributed by atoms with Crippen molar-refractivity contribution in [2.45, 2.75) is 111 Å². The van der Waals surface area contributed by atoms with Crippen molar-refractivity contribution < 1.29 is 30.0 Å². The topological polar surface area (TPSA) is 50.2 Å². The predicted octanol–water partition coefficient (Wildman–Crippen LogP) is 15.3. The van der Waals surface area contributed by atoms with Crippen LogP contribution in [0.3, 0.4) is 0 Å². The third-order valence-corrected chi connectivity index (χ3v) is 14.9. The van der Waals surface area contributed by atoms with E-state index in [2.05, 4.69) is 145 Å². The van der Waals surface area contributed by atoms with E-state index in [0.29, 0.717) is 0 Å². The van der Waals surface area contributed by atoms with E-state index >= 15 is 0 Å². The molecule has 0 aliphatic heterocycles. The van der Waals surface area contributed by atoms with E-state index in [9.17, 15) is 9.90 Å². The summed E-state index contributed by atoms with van der Waals surface area (Å²) in [7, 11) is 0. The molecule has 3 nitrogen and oxygen atoms in total. The van der Waals surface area contributed by atoms with Crippen LogP contribution in [0.4, 0.5) is 0 Å². The molecule has 0 fully saturated rings. The van der Waals surface area contributed by atoms with Crippen LogP contribution in [0.1, 0.15) is 128 Å². The van der Waals surface area contributed by atoms with Crippen molar-refractivity contribution in [2.75, 3.05) is 0 Å². The fourth-order valence-electron chi connectivity index (χ4n) is 10.9. The van der Waals surface area contributed by atoms with Crippen LogP contribution in [0, 0.1) is 17.9 Å². The van der Waals surface area contributed by atoms with E-state index in [1.165, 1.54) is 93.3 Å². The van der Waals surface area contributed by atoms with Crippen molar-refractivity contribution in [3.8, 4) is 0 Å². The molecule has 1 heterocycles. The summed E-state index contributed by atoms with van der Waals surface area (Å²) < 4.78 is 0. The molecule has 3 aliphatic carbocycles. The smallest absolute Gasteiger partial charge is 0.162 e. The second-order valence-electron chi connectivity index (χ2n) is 19.2. The normalized spacial score (nSPS) is 15.8. The van der Waals surface area contributed by atoms with Crippen LogP contribution in [-0.4, -0.2) is 15.9 Å². The molecule has 61 heavy (non-hydrogen) atoms. The Bertz CT molecular complexity index is 2630. The van der Waals surface area contributed by atoms with Crippen LogP contribution < -0.4 is 0 Å². The molecule has 1 aromatic heterocycles. The fourth-order valence-corrected chi connectivity index (χ4v) is 10.9. The minimum absolute atomic E-state index is 0. The largest absolute Gasteiger partial charge is 0.512 e. The number of hydrogen-bond acceptors (Lipinski definition) is 3. The number of carbonyl (C=O) groups excluding carboxylic acids is 1. The first kappa shape index (κ1) is 42.8. The SMILES string of the molecule is CC1(C)c2c[c-]c3cc2c2cc(ccc21)c1ccc2c(c1)c1cc(ccc1C2(C)C)c1ccc2c(c1)c1cc3ncc1C2(C)C.CCC(CC)C(=O)/C=C(\O)C(CC)CC.[Ir]. The number of fused-ring (bicyclic) bond motifs is 9. The molecular weight excluding hydrogens is 923 g/mol. The first-order chi connectivity index (χ1) is 28.6. The van der Waals surface area contributed by atoms with Crippen molar-refractivity contribution in [2.24, 2.45) is 11.8 Å². The molecule has 0 saturated heterocycles. The fraction of sp³-hybridized carbons (Fsp3) is 0.333. The summed E-state index contributed by atoms with van der Waals surface area (Å²) in [4.78, 5) is 16.8. The summed E-state index contributed by atoms with van der Waals surface area (Å²) in [5, 5.41) is 23.8. The number of aliphatic hydroxyl groups is 1. The Morgan fingerprint density at radius 1 is 0.557 bits per heavy atom. The third kappa shape index (κ3) is 6.63. The molecule has 10 rings (SSSR count). The van der Waals surface area contributed by atoms with Gasteiger partial charge in [0.05, 0.1) is 5.76 Å². The Morgan fingerprint density at radius 3 is 1.36 bits per heavy atom. The minimum Gasteiger partial charge on any atom is -0.512 e. The molecule has 1 N–H and O–H groups in total. The van der Waals surface area contributed by atoms with Gasteiger partial charge in [0.15, 0.2) is 5.78 Å². The van der Waals surface area contributed by atoms with E-state index in [0.717, 1.165) is 36.6 Å². The molecule has 0 amide bonds. The van der Waals surface area contributed by atoms with Crippen LogP contribution in [0.5, 0.6) is 0 Å². The summed E-state index contributed by atoms with van der Waals surface area (Å²) in [5.74, 6) is 0.547. The van der Waals surface area contributed by atoms with Gasteiger partial charge in [0.2, 0.25) is 0 Å². The molecule has 0 saturated carbocycles. The Balaban J connectivity index is 0.000000278. The Kier molecular flexibility index (Phi) is 10.9. The average molecular weight is 981 g/mol. The summed E-state index contributed by atoms with van der Waals surface area (Å²) in [6.45, 7) is 22.2. The van der Waals surface area contributed by atoms with Crippen molar-refractivity contribution in [3.05, 3.63) is 148 Å². The van der Waals surface area contributed by atoms with Gasteiger partial charge in [0.25, 0.3) is 0 Å². The molecule has 6 aromatic carbocycles. The van der Waals surface area contributed by atoms with Crippen molar-refractivity contribution in [1.29, 1.82) is 0 Å². The molecule has 0 spiro atoms. The predicted molar refractivity (Wildman–Crippen MR) is 255 cm³/mol. The Labute approximate surface area is 375 Å². The number of pyridine rings is 1. The maximum atomic E-state index is 11.7. The molecule has 0 atom stereocenters. The number of benzene rings is 5. The number of rotatable bonds is 7. The quantitative estimate of drug-likeness (QED) is 0.0984. The van der Waals surface area contributed by atoms with E-state index in [-0.39, 0.29) is 59.7 Å². The van der Waals surface area contributed by atoms with Crippen LogP contribution in [0.25, 0.3) is 64.8 Å². The average Bonchev–Trinajstić information content (AvgIpc) is 3.72. The first-order valence-corrected chi connectivity index (χ1v) is 22.2. The van der Waals surface area contributed by atoms with Crippen molar-refractivity contribution in [3.63, 3.8) is 0 Å². The zero-order chi connectivity index (χ0) is 42.5. The molecule has 7 aromatic rings. The van der Waals surface area contributed by atoms with Gasteiger partial charge in [-0.25, -0.2) is 0 Å². The van der Waals surface area contributed by atoms with Gasteiger partial charge in [-0.2, -0.15) is 0 Å². The van der Waals surface area contributed by atoms with E-state index in [1.54, 1.807) is 0 Å². The maximum absolute atomic E-state index is 11.7. The molecule has 0 unspecified atom stereocenters. The van der Waals surface area contributed by atoms with Gasteiger partial charge < -0.3 is 10.1 Å². The summed E-state index contributed by atoms with van der Waals surface area (Å²) in [6, 6.07) is 39.0. The first-order valence-electron chi connectivity index (χ1n) is 22.2. The number of aliphatic hydroxyl groups excluding tert-OH is 1. The van der Waals surface area contributed by atoms with Gasteiger partial charge in [-0.15, -0.1) is 29.1 Å². The third-order valence-electron chi connectivity index (χ3n) is 14.9. The van der Waals surface area contributed by atoms with Crippen LogP contribution in [0.15, 0.2) is 109 Å². The summed E-state index contributed by atoms with van der Waals surface area (Å²) in [5.41, 5.74) is 8.94. The Hall–Kier alpha value is -4.89. The van der Waals surface area contributed by atoms with Gasteiger partial charge in [0.1, 0.15) is 0 Å². The maximum Gasteiger partial charge on any atom is 0.162 e. The molecule has 313 valence electrons. The molecule has 12 bridgehead atoms. The number of hydrogen-bond donors (Lipinski definition) is 1. The van der Waals surface area contributed by atoms with E-state index < -0.39 is 0 Å². The van der Waals surface area contributed by atoms with Gasteiger partial charge in [-0.3, -0.25) is 4.79 Å². The van der Waals surface area contributed by atoms with E-state index in [4.69, 9.17) is 4.98 Å². The van der Waals surface area contributed by atoms with Gasteiger partial charge >= 0.3 is 0 Å². The standard InChI is InChI=1S/C44H34N.C13H24O2.Ir/c1-42(2)35-12-7-24-17-29(35)30-18-25(8-13-36(30)42)27-10-15-39-32(20-27)34-22-41(45-23-40(34)44(39,5)6)28-11-16-38-33(21-28)31-19-26(24)9-14-37(31)43(38,3)4;1-5-10(6-2)12(14)9-13(15)11(7-3)8-4;/h7-10,12-23H,1-6H3;9-11,14H,5-8H2,1-4H3;/q-1;;/b;12-9-;. The van der Waals surface area contributed by atoms with Crippen molar-refractivity contribution >= 4 is 70.5 Å². The molecular formula is C57H58IrNO2-. The van der Waals surface area contributed by atoms with Crippen LogP contribution in [0.2, 0.25) is 0 Å². The van der Waals surface area contributed by atoms with Gasteiger partial charge in [0, 0.05) is 55.0 Å². The summed E-state index contributed by atoms with van der Waals surface area (Å²) in [6.07, 6.45) is 7.02. The number of nitrogens with zero attached hydrogens (tertiary/aromatic N) is 1. The molecule has 1 radical (unpaired) electrons. The second-order valence-corrected chi connectivity index (χ2v) is 19.2. The van der Waals surface area contributed by atoms with Crippen molar-refractivity contribution in [1.82, 2.24) is 4.98 Å². The van der Waals surface area contributed by atoms with Gasteiger partial charge in [-0.05, 0) is 137 Å².